The molecule has 0 unspecified atom stereocenters. The summed E-state index contributed by atoms with van der Waals surface area (Å²) in [4.78, 5) is 11.7. The van der Waals surface area contributed by atoms with Crippen molar-refractivity contribution in [3.05, 3.63) is 24.3 Å². The molecule has 0 atom stereocenters. The first kappa shape index (κ1) is 16.9. The third-order valence-electron chi connectivity index (χ3n) is 2.25. The van der Waals surface area contributed by atoms with E-state index in [1.54, 1.807) is 18.2 Å². The predicted octanol–water partition coefficient (Wildman–Crippen LogP) is 2.64. The number of hydrogen-bond acceptors (Lipinski definition) is 4. The molecule has 1 rings (SSSR count). The van der Waals surface area contributed by atoms with Crippen LogP contribution in [0.4, 0.5) is 10.5 Å². The minimum atomic E-state index is -0.527. The largest absolute Gasteiger partial charge is 0.492 e. The molecule has 0 radical (unpaired) electrons. The quantitative estimate of drug-likeness (QED) is 0.624. The van der Waals surface area contributed by atoms with E-state index in [9.17, 15) is 4.79 Å². The lowest BCUT2D eigenvalue weighted by Crippen LogP contribution is -2.27. The third-order valence-corrected chi connectivity index (χ3v) is 2.25. The van der Waals surface area contributed by atoms with E-state index in [1.807, 2.05) is 26.8 Å². The second kappa shape index (κ2) is 8.18. The van der Waals surface area contributed by atoms with E-state index in [1.165, 1.54) is 0 Å². The Morgan fingerprint density at radius 2 is 2.14 bits per heavy atom. The predicted molar refractivity (Wildman–Crippen MR) is 83.5 cm³/mol. The van der Waals surface area contributed by atoms with Crippen molar-refractivity contribution in [1.29, 1.82) is 0 Å². The molecule has 0 aliphatic heterocycles. The summed E-state index contributed by atoms with van der Waals surface area (Å²) in [6, 6.07) is 7.14. The summed E-state index contributed by atoms with van der Waals surface area (Å²) in [5, 5.41) is 5.69. The highest BCUT2D eigenvalue weighted by Crippen LogP contribution is 2.18. The summed E-state index contributed by atoms with van der Waals surface area (Å²) < 4.78 is 10.7. The summed E-state index contributed by atoms with van der Waals surface area (Å²) in [7, 11) is 0. The molecule has 1 aromatic carbocycles. The molecule has 1 amide bonds. The Balaban J connectivity index is 2.45. The first-order chi connectivity index (χ1) is 9.90. The Labute approximate surface area is 126 Å². The Morgan fingerprint density at radius 3 is 2.81 bits per heavy atom. The van der Waals surface area contributed by atoms with Gasteiger partial charge in [-0.15, -0.1) is 6.42 Å². The first-order valence-corrected chi connectivity index (χ1v) is 6.78. The number of amides is 1. The standard InChI is InChI=1S/C16H22N2O3/c1-5-9-17-10-11-20-14-8-6-7-13(12-14)18-15(19)21-16(2,3)4/h1,6-8,12,17H,9-11H2,2-4H3,(H,18,19). The molecule has 5 nitrogen and oxygen atoms in total. The minimum Gasteiger partial charge on any atom is -0.492 e. The maximum Gasteiger partial charge on any atom is 0.412 e. The molecule has 5 heteroatoms. The van der Waals surface area contributed by atoms with Gasteiger partial charge < -0.3 is 14.8 Å². The van der Waals surface area contributed by atoms with Crippen LogP contribution in [-0.2, 0) is 4.74 Å². The van der Waals surface area contributed by atoms with Gasteiger partial charge >= 0.3 is 6.09 Å². The van der Waals surface area contributed by atoms with Gasteiger partial charge in [0.15, 0.2) is 0 Å². The summed E-state index contributed by atoms with van der Waals surface area (Å²) in [6.07, 6.45) is 4.64. The molecule has 0 aliphatic rings. The van der Waals surface area contributed by atoms with Crippen molar-refractivity contribution in [2.75, 3.05) is 25.0 Å². The van der Waals surface area contributed by atoms with Gasteiger partial charge in [-0.2, -0.15) is 0 Å². The van der Waals surface area contributed by atoms with Crippen molar-refractivity contribution in [3.63, 3.8) is 0 Å². The zero-order chi connectivity index (χ0) is 15.7. The Kier molecular flexibility index (Phi) is 6.57. The number of carbonyl (C=O) groups excluding carboxylic acids is 1. The van der Waals surface area contributed by atoms with Crippen LogP contribution >= 0.6 is 0 Å². The van der Waals surface area contributed by atoms with Crippen molar-refractivity contribution < 1.29 is 14.3 Å². The zero-order valence-corrected chi connectivity index (χ0v) is 12.7. The average Bonchev–Trinajstić information content (AvgIpc) is 2.36. The van der Waals surface area contributed by atoms with Crippen LogP contribution in [0.5, 0.6) is 5.75 Å². The molecule has 0 saturated carbocycles. The molecular weight excluding hydrogens is 268 g/mol. The SMILES string of the molecule is C#CCNCCOc1cccc(NC(=O)OC(C)(C)C)c1. The van der Waals surface area contributed by atoms with Gasteiger partial charge in [0.05, 0.1) is 6.54 Å². The molecule has 114 valence electrons. The van der Waals surface area contributed by atoms with Gasteiger partial charge in [-0.1, -0.05) is 12.0 Å². The average molecular weight is 290 g/mol. The summed E-state index contributed by atoms with van der Waals surface area (Å²) in [5.41, 5.74) is 0.0966. The normalized spacial score (nSPS) is 10.6. The van der Waals surface area contributed by atoms with Gasteiger partial charge in [0.25, 0.3) is 0 Å². The van der Waals surface area contributed by atoms with E-state index >= 15 is 0 Å². The van der Waals surface area contributed by atoms with Crippen LogP contribution < -0.4 is 15.4 Å². The van der Waals surface area contributed by atoms with Crippen molar-refractivity contribution in [2.24, 2.45) is 0 Å². The van der Waals surface area contributed by atoms with Gasteiger partial charge in [-0.25, -0.2) is 4.79 Å². The van der Waals surface area contributed by atoms with Crippen molar-refractivity contribution >= 4 is 11.8 Å². The van der Waals surface area contributed by atoms with E-state index in [0.717, 1.165) is 0 Å². The molecule has 0 bridgehead atoms. The second-order valence-corrected chi connectivity index (χ2v) is 5.38. The summed E-state index contributed by atoms with van der Waals surface area (Å²) in [5.74, 6) is 3.16. The molecule has 0 aliphatic carbocycles. The van der Waals surface area contributed by atoms with Crippen LogP contribution in [0.25, 0.3) is 0 Å². The smallest absolute Gasteiger partial charge is 0.412 e. The molecule has 1 aromatic rings. The number of anilines is 1. The van der Waals surface area contributed by atoms with Crippen LogP contribution in [-0.4, -0.2) is 31.4 Å². The molecule has 21 heavy (non-hydrogen) atoms. The van der Waals surface area contributed by atoms with Gasteiger partial charge in [0, 0.05) is 18.3 Å². The molecule has 0 saturated heterocycles. The summed E-state index contributed by atoms with van der Waals surface area (Å²) in [6.45, 7) is 7.12. The number of nitrogens with one attached hydrogen (secondary N) is 2. The topological polar surface area (TPSA) is 59.6 Å². The highest BCUT2D eigenvalue weighted by atomic mass is 16.6. The molecule has 0 heterocycles. The van der Waals surface area contributed by atoms with E-state index in [-0.39, 0.29) is 0 Å². The van der Waals surface area contributed by atoms with Crippen LogP contribution in [0.3, 0.4) is 0 Å². The number of terminal acetylenes is 1. The minimum absolute atomic E-state index is 0.490. The van der Waals surface area contributed by atoms with Crippen molar-refractivity contribution in [1.82, 2.24) is 5.32 Å². The summed E-state index contributed by atoms with van der Waals surface area (Å²) >= 11 is 0. The molecule has 0 aromatic heterocycles. The maximum atomic E-state index is 11.7. The van der Waals surface area contributed by atoms with Gasteiger partial charge in [0.1, 0.15) is 18.0 Å². The second-order valence-electron chi connectivity index (χ2n) is 5.38. The van der Waals surface area contributed by atoms with Crippen LogP contribution in [0, 0.1) is 12.3 Å². The van der Waals surface area contributed by atoms with E-state index < -0.39 is 11.7 Å². The fourth-order valence-electron chi connectivity index (χ4n) is 1.49. The van der Waals surface area contributed by atoms with Crippen LogP contribution in [0.2, 0.25) is 0 Å². The Hall–Kier alpha value is -2.19. The fourth-order valence-corrected chi connectivity index (χ4v) is 1.49. The zero-order valence-electron chi connectivity index (χ0n) is 12.7. The maximum absolute atomic E-state index is 11.7. The van der Waals surface area contributed by atoms with Gasteiger partial charge in [0.2, 0.25) is 0 Å². The molecular formula is C16H22N2O3. The van der Waals surface area contributed by atoms with E-state index in [4.69, 9.17) is 15.9 Å². The lowest BCUT2D eigenvalue weighted by Gasteiger charge is -2.19. The molecule has 0 fully saturated rings. The van der Waals surface area contributed by atoms with Gasteiger partial charge in [-0.05, 0) is 32.9 Å². The third kappa shape index (κ3) is 7.85. The number of rotatable bonds is 6. The van der Waals surface area contributed by atoms with Gasteiger partial charge in [-0.3, -0.25) is 5.32 Å². The lowest BCUT2D eigenvalue weighted by molar-refractivity contribution is 0.0636. The Morgan fingerprint density at radius 1 is 1.38 bits per heavy atom. The fraction of sp³-hybridized carbons (Fsp3) is 0.438. The van der Waals surface area contributed by atoms with Crippen LogP contribution in [0.1, 0.15) is 20.8 Å². The highest BCUT2D eigenvalue weighted by Gasteiger charge is 2.16. The molecule has 2 N–H and O–H groups in total. The van der Waals surface area contributed by atoms with E-state index in [0.29, 0.717) is 31.1 Å². The Bertz CT molecular complexity index is 501. The number of benzene rings is 1. The van der Waals surface area contributed by atoms with Crippen molar-refractivity contribution in [2.45, 2.75) is 26.4 Å². The monoisotopic (exact) mass is 290 g/mol. The number of hydrogen-bond donors (Lipinski definition) is 2. The van der Waals surface area contributed by atoms with Crippen LogP contribution in [0.15, 0.2) is 24.3 Å². The number of ether oxygens (including phenoxy) is 2. The highest BCUT2D eigenvalue weighted by molar-refractivity contribution is 5.85. The number of carbonyl (C=O) groups is 1. The lowest BCUT2D eigenvalue weighted by atomic mass is 10.2. The molecule has 0 spiro atoms. The van der Waals surface area contributed by atoms with Crippen molar-refractivity contribution in [3.8, 4) is 18.1 Å². The first-order valence-electron chi connectivity index (χ1n) is 6.78. The van der Waals surface area contributed by atoms with E-state index in [2.05, 4.69) is 16.6 Å².